The molecule has 2 aromatic rings. The third-order valence-electron chi connectivity index (χ3n) is 5.98. The molecule has 2 aromatic carbocycles. The normalized spacial score (nSPS) is 11.9. The monoisotopic (exact) mass is 410 g/mol. The molecule has 0 unspecified atom stereocenters. The average Bonchev–Trinajstić information content (AvgIpc) is 2.79. The lowest BCUT2D eigenvalue weighted by Crippen LogP contribution is -2.00. The molecule has 0 bridgehead atoms. The van der Waals surface area contributed by atoms with Crippen LogP contribution in [0.2, 0.25) is 0 Å². The third-order valence-corrected chi connectivity index (χ3v) is 5.98. The molecular formula is C27H38O3. The van der Waals surface area contributed by atoms with Gasteiger partial charge in [0.15, 0.2) is 0 Å². The van der Waals surface area contributed by atoms with Gasteiger partial charge in [0.25, 0.3) is 0 Å². The number of ether oxygens (including phenoxy) is 1. The lowest BCUT2D eigenvalue weighted by molar-refractivity contribution is 0.259. The fraction of sp³-hybridized carbons (Fsp3) is 0.481. The summed E-state index contributed by atoms with van der Waals surface area (Å²) in [6, 6.07) is 13.9. The fourth-order valence-electron chi connectivity index (χ4n) is 3.78. The van der Waals surface area contributed by atoms with Gasteiger partial charge in [-0.05, 0) is 71.7 Å². The van der Waals surface area contributed by atoms with Crippen LogP contribution in [-0.2, 0) is 19.8 Å². The Kier molecular flexibility index (Phi) is 10.7. The second kappa shape index (κ2) is 13.3. The fourth-order valence-corrected chi connectivity index (χ4v) is 3.78. The summed E-state index contributed by atoms with van der Waals surface area (Å²) in [6.45, 7) is 7.04. The molecule has 0 aliphatic rings. The minimum atomic E-state index is -0.0826. The maximum atomic E-state index is 9.46. The van der Waals surface area contributed by atoms with E-state index in [9.17, 15) is 10.2 Å². The Morgan fingerprint density at radius 3 is 2.43 bits per heavy atom. The van der Waals surface area contributed by atoms with Crippen molar-refractivity contribution < 1.29 is 14.9 Å². The van der Waals surface area contributed by atoms with Crippen molar-refractivity contribution in [1.29, 1.82) is 0 Å². The highest BCUT2D eigenvalue weighted by Gasteiger charge is 2.05. The smallest absolute Gasteiger partial charge is 0.120 e. The summed E-state index contributed by atoms with van der Waals surface area (Å²) in [4.78, 5) is 0. The van der Waals surface area contributed by atoms with Crippen molar-refractivity contribution in [3.05, 3.63) is 70.8 Å². The largest absolute Gasteiger partial charge is 0.489 e. The highest BCUT2D eigenvalue weighted by molar-refractivity contribution is 5.64. The number of benzene rings is 2. The van der Waals surface area contributed by atoms with Gasteiger partial charge in [-0.2, -0.15) is 0 Å². The summed E-state index contributed by atoms with van der Waals surface area (Å²) in [5.74, 6) is 1.72. The molecule has 3 nitrogen and oxygen atoms in total. The predicted octanol–water partition coefficient (Wildman–Crippen LogP) is 6.65. The van der Waals surface area contributed by atoms with E-state index in [2.05, 4.69) is 39.0 Å². The second-order valence-corrected chi connectivity index (χ2v) is 8.09. The molecule has 0 atom stereocenters. The van der Waals surface area contributed by atoms with Crippen LogP contribution in [0.15, 0.2) is 48.5 Å². The van der Waals surface area contributed by atoms with Gasteiger partial charge in [-0.15, -0.1) is 0 Å². The van der Waals surface area contributed by atoms with Gasteiger partial charge in [0, 0.05) is 0 Å². The van der Waals surface area contributed by atoms with Gasteiger partial charge in [-0.1, -0.05) is 69.9 Å². The van der Waals surface area contributed by atoms with E-state index in [-0.39, 0.29) is 13.2 Å². The first-order valence-electron chi connectivity index (χ1n) is 11.3. The molecule has 0 amide bonds. The van der Waals surface area contributed by atoms with Crippen LogP contribution in [0, 0.1) is 5.92 Å². The predicted molar refractivity (Wildman–Crippen MR) is 125 cm³/mol. The van der Waals surface area contributed by atoms with E-state index in [0.717, 1.165) is 34.8 Å². The summed E-state index contributed by atoms with van der Waals surface area (Å²) in [5, 5.41) is 18.8. The molecule has 2 N–H and O–H groups in total. The van der Waals surface area contributed by atoms with Crippen LogP contribution in [0.25, 0.3) is 5.57 Å². The van der Waals surface area contributed by atoms with Crippen LogP contribution >= 0.6 is 0 Å². The second-order valence-electron chi connectivity index (χ2n) is 8.09. The van der Waals surface area contributed by atoms with Crippen LogP contribution in [0.5, 0.6) is 5.75 Å². The molecule has 0 saturated carbocycles. The molecule has 2 rings (SSSR count). The first kappa shape index (κ1) is 24.2. The van der Waals surface area contributed by atoms with Crippen LogP contribution in [0.3, 0.4) is 0 Å². The zero-order chi connectivity index (χ0) is 21.8. The minimum absolute atomic E-state index is 0.0670. The van der Waals surface area contributed by atoms with Crippen molar-refractivity contribution in [2.45, 2.75) is 79.1 Å². The maximum absolute atomic E-state index is 9.46. The van der Waals surface area contributed by atoms with Gasteiger partial charge in [0.05, 0.1) is 13.2 Å². The van der Waals surface area contributed by atoms with Crippen LogP contribution < -0.4 is 4.74 Å². The van der Waals surface area contributed by atoms with Gasteiger partial charge >= 0.3 is 0 Å². The van der Waals surface area contributed by atoms with E-state index < -0.39 is 0 Å². The molecular weight excluding hydrogens is 372 g/mol. The number of allylic oxidation sites excluding steroid dienone is 2. The topological polar surface area (TPSA) is 49.7 Å². The Balaban J connectivity index is 1.89. The Morgan fingerprint density at radius 1 is 0.967 bits per heavy atom. The molecule has 164 valence electrons. The van der Waals surface area contributed by atoms with E-state index in [1.807, 2.05) is 30.3 Å². The van der Waals surface area contributed by atoms with Gasteiger partial charge in [0.2, 0.25) is 0 Å². The average molecular weight is 411 g/mol. The van der Waals surface area contributed by atoms with Gasteiger partial charge in [-0.3, -0.25) is 0 Å². The first-order valence-corrected chi connectivity index (χ1v) is 11.3. The number of hydrogen-bond acceptors (Lipinski definition) is 3. The SMILES string of the molecule is CCC(CC)CCCC/C=C(\C)c1cccc(OCc2ccc(CO)c(CO)c2)c1. The Morgan fingerprint density at radius 2 is 1.73 bits per heavy atom. The zero-order valence-electron chi connectivity index (χ0n) is 18.9. The highest BCUT2D eigenvalue weighted by atomic mass is 16.5. The van der Waals surface area contributed by atoms with Crippen LogP contribution in [0.1, 0.15) is 81.5 Å². The van der Waals surface area contributed by atoms with Crippen LogP contribution in [-0.4, -0.2) is 10.2 Å². The summed E-state index contributed by atoms with van der Waals surface area (Å²) >= 11 is 0. The van der Waals surface area contributed by atoms with Crippen molar-refractivity contribution >= 4 is 5.57 Å². The van der Waals surface area contributed by atoms with Crippen molar-refractivity contribution in [1.82, 2.24) is 0 Å². The Bertz CT molecular complexity index is 790. The van der Waals surface area contributed by atoms with E-state index in [1.165, 1.54) is 43.2 Å². The number of hydrogen-bond donors (Lipinski definition) is 2. The van der Waals surface area contributed by atoms with Gasteiger partial charge in [0.1, 0.15) is 12.4 Å². The Hall–Kier alpha value is -2.10. The molecule has 3 heteroatoms. The standard InChI is InChI=1S/C27H38O3/c1-4-22(5-2)11-8-6-7-10-21(3)24-12-9-13-27(17-24)30-20-23-14-15-25(18-28)26(16-23)19-29/h9-10,12-17,22,28-29H,4-8,11,18-20H2,1-3H3/b21-10+. The molecule has 0 spiro atoms. The third kappa shape index (κ3) is 7.62. The van der Waals surface area contributed by atoms with E-state index >= 15 is 0 Å². The first-order chi connectivity index (χ1) is 14.6. The quantitative estimate of drug-likeness (QED) is 0.363. The van der Waals surface area contributed by atoms with E-state index in [0.29, 0.717) is 6.61 Å². The highest BCUT2D eigenvalue weighted by Crippen LogP contribution is 2.23. The van der Waals surface area contributed by atoms with E-state index in [4.69, 9.17) is 4.74 Å². The zero-order valence-corrected chi connectivity index (χ0v) is 18.9. The number of unbranched alkanes of at least 4 members (excludes halogenated alkanes) is 2. The van der Waals surface area contributed by atoms with Gasteiger partial charge < -0.3 is 14.9 Å². The minimum Gasteiger partial charge on any atom is -0.489 e. The summed E-state index contributed by atoms with van der Waals surface area (Å²) in [5.41, 5.74) is 4.96. The van der Waals surface area contributed by atoms with Gasteiger partial charge in [-0.25, -0.2) is 0 Å². The maximum Gasteiger partial charge on any atom is 0.120 e. The summed E-state index contributed by atoms with van der Waals surface area (Å²) in [7, 11) is 0. The molecule has 0 fully saturated rings. The molecule has 0 aliphatic heterocycles. The van der Waals surface area contributed by atoms with E-state index in [1.54, 1.807) is 0 Å². The Labute approximate surface area is 182 Å². The number of rotatable bonds is 13. The van der Waals surface area contributed by atoms with Crippen molar-refractivity contribution in [2.24, 2.45) is 5.92 Å². The molecule has 0 aromatic heterocycles. The van der Waals surface area contributed by atoms with Crippen molar-refractivity contribution in [3.8, 4) is 5.75 Å². The molecule has 0 radical (unpaired) electrons. The number of aliphatic hydroxyl groups is 2. The van der Waals surface area contributed by atoms with Crippen molar-refractivity contribution in [3.63, 3.8) is 0 Å². The van der Waals surface area contributed by atoms with Crippen molar-refractivity contribution in [2.75, 3.05) is 0 Å². The molecule has 0 aliphatic carbocycles. The lowest BCUT2D eigenvalue weighted by atomic mass is 9.96. The summed E-state index contributed by atoms with van der Waals surface area (Å²) in [6.07, 6.45) is 9.97. The molecule has 0 heterocycles. The molecule has 30 heavy (non-hydrogen) atoms. The van der Waals surface area contributed by atoms with Crippen LogP contribution in [0.4, 0.5) is 0 Å². The number of aliphatic hydroxyl groups excluding tert-OH is 2. The lowest BCUT2D eigenvalue weighted by Gasteiger charge is -2.12. The molecule has 0 saturated heterocycles. The summed E-state index contributed by atoms with van der Waals surface area (Å²) < 4.78 is 5.98.